The van der Waals surface area contributed by atoms with Gasteiger partial charge in [0, 0.05) is 25.7 Å². The summed E-state index contributed by atoms with van der Waals surface area (Å²) in [5.41, 5.74) is 8.77. The van der Waals surface area contributed by atoms with E-state index in [1.807, 2.05) is 0 Å². The minimum absolute atomic E-state index is 0.238. The topological polar surface area (TPSA) is 129 Å². The van der Waals surface area contributed by atoms with Crippen molar-refractivity contribution in [1.82, 2.24) is 0 Å². The number of carbonyl (C=O) groups excluding carboxylic acids is 2. The van der Waals surface area contributed by atoms with Crippen molar-refractivity contribution >= 4 is 11.9 Å². The molecule has 2 fully saturated rings. The van der Waals surface area contributed by atoms with Gasteiger partial charge in [-0.3, -0.25) is 14.3 Å². The highest BCUT2D eigenvalue weighted by atomic mass is 16.8. The first-order chi connectivity index (χ1) is 10.7. The monoisotopic (exact) mass is 328 g/mol. The molecule has 6 atom stereocenters. The van der Waals surface area contributed by atoms with E-state index in [-0.39, 0.29) is 6.61 Å². The summed E-state index contributed by atoms with van der Waals surface area (Å²) in [5, 5.41) is 3.66. The molecule has 1 unspecified atom stereocenters. The molecule has 0 aliphatic carbocycles. The van der Waals surface area contributed by atoms with Crippen molar-refractivity contribution in [3.8, 4) is 0 Å². The van der Waals surface area contributed by atoms with Crippen LogP contribution in [0, 0.1) is 6.92 Å². The maximum Gasteiger partial charge on any atom is 0.314 e. The molecule has 0 radical (unpaired) electrons. The lowest BCUT2D eigenvalue weighted by Crippen LogP contribution is -2.44. The number of fused-ring (bicyclic) bond motifs is 1. The first-order valence-electron chi connectivity index (χ1n) is 6.95. The van der Waals surface area contributed by atoms with Crippen LogP contribution in [-0.2, 0) is 33.3 Å². The van der Waals surface area contributed by atoms with Gasteiger partial charge >= 0.3 is 17.7 Å². The van der Waals surface area contributed by atoms with E-state index in [0.29, 0.717) is 0 Å². The third-order valence-electron chi connectivity index (χ3n) is 3.30. The number of hydrogen-bond donors (Lipinski definition) is 0. The van der Waals surface area contributed by atoms with Crippen LogP contribution in [0.4, 0.5) is 0 Å². The maximum atomic E-state index is 11.3. The number of ether oxygens (including phenoxy) is 5. The molecule has 2 heterocycles. The third-order valence-corrected chi connectivity index (χ3v) is 3.30. The van der Waals surface area contributed by atoms with Gasteiger partial charge in [0.1, 0.15) is 25.7 Å². The number of esters is 2. The van der Waals surface area contributed by atoms with E-state index < -0.39 is 48.4 Å². The van der Waals surface area contributed by atoms with Crippen LogP contribution in [0.3, 0.4) is 0 Å². The summed E-state index contributed by atoms with van der Waals surface area (Å²) in [5.74, 6) is -2.26. The fourth-order valence-corrected chi connectivity index (χ4v) is 2.55. The Morgan fingerprint density at radius 1 is 1.39 bits per heavy atom. The van der Waals surface area contributed by atoms with Crippen LogP contribution in [-0.4, -0.2) is 55.0 Å². The molecule has 0 aromatic heterocycles. The lowest BCUT2D eigenvalue weighted by atomic mass is 10.0. The molecule has 0 amide bonds. The summed E-state index contributed by atoms with van der Waals surface area (Å²) < 4.78 is 26.7. The second kappa shape index (κ2) is 6.63. The molecule has 2 aliphatic heterocycles. The number of hydrogen-bond acceptors (Lipinski definition) is 8. The predicted molar refractivity (Wildman–Crippen MR) is 73.5 cm³/mol. The van der Waals surface area contributed by atoms with Crippen molar-refractivity contribution in [2.24, 2.45) is 5.11 Å². The smallest absolute Gasteiger partial charge is 0.314 e. The van der Waals surface area contributed by atoms with Crippen LogP contribution in [0.25, 0.3) is 10.4 Å². The molecule has 10 heteroatoms. The van der Waals surface area contributed by atoms with Gasteiger partial charge < -0.3 is 18.9 Å². The Labute approximate surface area is 132 Å². The minimum atomic E-state index is -1.13. The van der Waals surface area contributed by atoms with Crippen molar-refractivity contribution in [3.63, 3.8) is 0 Å². The number of nitrogens with zero attached hydrogens (tertiary/aromatic N) is 3. The Morgan fingerprint density at radius 2 is 2.09 bits per heavy atom. The predicted octanol–water partition coefficient (Wildman–Crippen LogP) is 0.851. The number of azide groups is 1. The largest absolute Gasteiger partial charge is 0.462 e. The summed E-state index contributed by atoms with van der Waals surface area (Å²) in [6, 6.07) is -0.825. The van der Waals surface area contributed by atoms with E-state index in [1.165, 1.54) is 13.8 Å². The van der Waals surface area contributed by atoms with E-state index in [4.69, 9.17) is 29.2 Å². The molecule has 2 aliphatic rings. The number of rotatable bonds is 5. The van der Waals surface area contributed by atoms with Gasteiger partial charge in [0.15, 0.2) is 12.4 Å². The molecule has 23 heavy (non-hydrogen) atoms. The Balaban J connectivity index is 2.18. The van der Waals surface area contributed by atoms with Gasteiger partial charge in [-0.05, 0) is 5.53 Å². The number of carbonyl (C=O) groups is 2. The van der Waals surface area contributed by atoms with Crippen LogP contribution >= 0.6 is 0 Å². The van der Waals surface area contributed by atoms with Gasteiger partial charge in [0.2, 0.25) is 0 Å². The fourth-order valence-electron chi connectivity index (χ4n) is 2.55. The molecule has 0 spiro atoms. The zero-order valence-corrected chi connectivity index (χ0v) is 13.0. The zero-order chi connectivity index (χ0) is 17.2. The Bertz CT molecular complexity index is 532. The normalized spacial score (nSPS) is 36.7. The van der Waals surface area contributed by atoms with Gasteiger partial charge in [-0.2, -0.15) is 0 Å². The molecule has 0 N–H and O–H groups in total. The van der Waals surface area contributed by atoms with Crippen LogP contribution in [0.5, 0.6) is 0 Å². The molecular weight excluding hydrogens is 310 g/mol. The summed E-state index contributed by atoms with van der Waals surface area (Å²) in [6.45, 7) is 7.50. The van der Waals surface area contributed by atoms with E-state index in [1.54, 1.807) is 6.92 Å². The van der Waals surface area contributed by atoms with Gasteiger partial charge in [0.05, 0.1) is 6.04 Å². The standard InChI is InChI=1S/C13H18N3O7/c1-6(17)19-5-8(20-7(2)18)10-9(15-16-14)11-12(21-10)23-13(3,4)22-11/h8-12H,3,5H2,1-2,4H3/q+1/t8-,9-,10+,11+,12+,13?/m0/s1. The van der Waals surface area contributed by atoms with E-state index in [0.717, 1.165) is 0 Å². The lowest BCUT2D eigenvalue weighted by Gasteiger charge is -2.26. The van der Waals surface area contributed by atoms with Crippen LogP contribution in [0.15, 0.2) is 5.11 Å². The molecule has 0 aromatic carbocycles. The van der Waals surface area contributed by atoms with Crippen LogP contribution in [0.1, 0.15) is 20.8 Å². The molecule has 0 aromatic rings. The Morgan fingerprint density at radius 3 is 2.65 bits per heavy atom. The molecule has 0 saturated carbocycles. The van der Waals surface area contributed by atoms with E-state index in [9.17, 15) is 9.59 Å². The zero-order valence-electron chi connectivity index (χ0n) is 13.0. The Hall–Kier alpha value is -2.00. The van der Waals surface area contributed by atoms with Crippen LogP contribution in [0.2, 0.25) is 0 Å². The highest BCUT2D eigenvalue weighted by molar-refractivity contribution is 5.67. The Kier molecular flexibility index (Phi) is 5.00. The highest BCUT2D eigenvalue weighted by Crippen LogP contribution is 2.40. The fraction of sp³-hybridized carbons (Fsp3) is 0.769. The summed E-state index contributed by atoms with van der Waals surface area (Å²) >= 11 is 0. The van der Waals surface area contributed by atoms with E-state index >= 15 is 0 Å². The highest BCUT2D eigenvalue weighted by Gasteiger charge is 2.59. The van der Waals surface area contributed by atoms with Gasteiger partial charge in [0.25, 0.3) is 0 Å². The quantitative estimate of drug-likeness (QED) is 0.240. The summed E-state index contributed by atoms with van der Waals surface area (Å²) in [4.78, 5) is 25.0. The van der Waals surface area contributed by atoms with Crippen molar-refractivity contribution in [2.45, 2.75) is 57.2 Å². The summed E-state index contributed by atoms with van der Waals surface area (Å²) in [6.07, 6.45) is -3.36. The molecule has 2 rings (SSSR count). The molecule has 126 valence electrons. The third kappa shape index (κ3) is 4.05. The van der Waals surface area contributed by atoms with Crippen LogP contribution < -0.4 is 0 Å². The SMILES string of the molecule is [CH2+]C1(C)O[C@H]2O[C@H]([C@H](COC(C)=O)OC(C)=O)[C@H](N=[N+]=[N-])[C@H]2O1. The first kappa shape index (κ1) is 17.4. The first-order valence-corrected chi connectivity index (χ1v) is 6.95. The van der Waals surface area contributed by atoms with Crippen molar-refractivity contribution in [3.05, 3.63) is 17.4 Å². The van der Waals surface area contributed by atoms with Gasteiger partial charge in [-0.25, -0.2) is 0 Å². The van der Waals surface area contributed by atoms with Gasteiger partial charge in [-0.1, -0.05) is 5.11 Å². The molecule has 0 bridgehead atoms. The van der Waals surface area contributed by atoms with Crippen molar-refractivity contribution in [1.29, 1.82) is 0 Å². The second-order valence-corrected chi connectivity index (χ2v) is 5.45. The average Bonchev–Trinajstić information content (AvgIpc) is 2.88. The lowest BCUT2D eigenvalue weighted by molar-refractivity contribution is -0.211. The molecular formula is C13H18N3O7+. The van der Waals surface area contributed by atoms with Crippen molar-refractivity contribution < 1.29 is 33.3 Å². The average molecular weight is 328 g/mol. The van der Waals surface area contributed by atoms with Gasteiger partial charge in [-0.15, -0.1) is 0 Å². The second-order valence-electron chi connectivity index (χ2n) is 5.45. The maximum absolute atomic E-state index is 11.3. The molecule has 2 saturated heterocycles. The van der Waals surface area contributed by atoms with E-state index in [2.05, 4.69) is 16.9 Å². The summed E-state index contributed by atoms with van der Waals surface area (Å²) in [7, 11) is 0. The molecule has 10 nitrogen and oxygen atoms in total. The van der Waals surface area contributed by atoms with Crippen molar-refractivity contribution in [2.75, 3.05) is 6.61 Å². The minimum Gasteiger partial charge on any atom is -0.462 e.